The fraction of sp³-hybridized carbons (Fsp3) is 0.0833. The second-order valence-corrected chi connectivity index (χ2v) is 8.60. The number of rotatable bonds is 5. The SMILES string of the molecule is CC1=NN(c2ccccc2)C(=O)/C1=C/c1cc(Br)c(OCc2ccccc2F)c(Br)c1. The van der Waals surface area contributed by atoms with E-state index in [9.17, 15) is 9.18 Å². The van der Waals surface area contributed by atoms with Crippen LogP contribution in [0.5, 0.6) is 5.75 Å². The summed E-state index contributed by atoms with van der Waals surface area (Å²) in [5.74, 6) is 0.0591. The first kappa shape index (κ1) is 21.5. The molecule has 0 saturated heterocycles. The molecule has 0 saturated carbocycles. The Balaban J connectivity index is 1.57. The molecule has 4 nitrogen and oxygen atoms in total. The van der Waals surface area contributed by atoms with Gasteiger partial charge in [0.05, 0.1) is 25.9 Å². The van der Waals surface area contributed by atoms with Gasteiger partial charge in [0.1, 0.15) is 18.2 Å². The van der Waals surface area contributed by atoms with Gasteiger partial charge in [0.15, 0.2) is 0 Å². The summed E-state index contributed by atoms with van der Waals surface area (Å²) in [4.78, 5) is 12.9. The van der Waals surface area contributed by atoms with Crippen LogP contribution in [-0.4, -0.2) is 11.6 Å². The fourth-order valence-electron chi connectivity index (χ4n) is 3.16. The molecule has 0 fully saturated rings. The van der Waals surface area contributed by atoms with Crippen LogP contribution in [0.15, 0.2) is 86.3 Å². The second kappa shape index (κ2) is 9.16. The second-order valence-electron chi connectivity index (χ2n) is 6.89. The molecule has 1 heterocycles. The maximum Gasteiger partial charge on any atom is 0.280 e. The van der Waals surface area contributed by atoms with E-state index in [0.29, 0.717) is 31.5 Å². The zero-order chi connectivity index (χ0) is 22.0. The normalized spacial score (nSPS) is 14.8. The number of hydrogen-bond donors (Lipinski definition) is 0. The first-order valence-electron chi connectivity index (χ1n) is 9.46. The van der Waals surface area contributed by atoms with E-state index in [0.717, 1.165) is 11.3 Å². The molecule has 3 aromatic carbocycles. The lowest BCUT2D eigenvalue weighted by Crippen LogP contribution is -2.21. The highest BCUT2D eigenvalue weighted by Gasteiger charge is 2.28. The van der Waals surface area contributed by atoms with Gasteiger partial charge in [0.2, 0.25) is 0 Å². The topological polar surface area (TPSA) is 41.9 Å². The summed E-state index contributed by atoms with van der Waals surface area (Å²) < 4.78 is 21.0. The predicted molar refractivity (Wildman–Crippen MR) is 128 cm³/mol. The van der Waals surface area contributed by atoms with Gasteiger partial charge in [-0.1, -0.05) is 36.4 Å². The third kappa shape index (κ3) is 4.62. The van der Waals surface area contributed by atoms with Crippen LogP contribution in [0, 0.1) is 5.82 Å². The highest BCUT2D eigenvalue weighted by molar-refractivity contribution is 9.11. The fourth-order valence-corrected chi connectivity index (χ4v) is 4.61. The van der Waals surface area contributed by atoms with Crippen molar-refractivity contribution in [1.82, 2.24) is 0 Å². The van der Waals surface area contributed by atoms with E-state index >= 15 is 0 Å². The molecular weight excluding hydrogens is 527 g/mol. The Bertz CT molecular complexity index is 1190. The summed E-state index contributed by atoms with van der Waals surface area (Å²) in [6.45, 7) is 1.91. The van der Waals surface area contributed by atoms with Crippen LogP contribution in [0.25, 0.3) is 6.08 Å². The first-order chi connectivity index (χ1) is 14.9. The molecule has 0 spiro atoms. The van der Waals surface area contributed by atoms with E-state index in [1.807, 2.05) is 49.4 Å². The van der Waals surface area contributed by atoms with Gasteiger partial charge in [0, 0.05) is 5.56 Å². The summed E-state index contributed by atoms with van der Waals surface area (Å²) in [6, 6.07) is 19.5. The van der Waals surface area contributed by atoms with Crippen LogP contribution in [0.1, 0.15) is 18.1 Å². The van der Waals surface area contributed by atoms with Crippen molar-refractivity contribution in [2.75, 3.05) is 5.01 Å². The Labute approximate surface area is 196 Å². The average Bonchev–Trinajstić information content (AvgIpc) is 3.03. The van der Waals surface area contributed by atoms with Gasteiger partial charge in [-0.05, 0) is 80.8 Å². The molecule has 1 amide bonds. The van der Waals surface area contributed by atoms with Crippen molar-refractivity contribution in [3.05, 3.63) is 98.2 Å². The Morgan fingerprint density at radius 2 is 1.68 bits per heavy atom. The quantitative estimate of drug-likeness (QED) is 0.334. The number of ether oxygens (including phenoxy) is 1. The molecular formula is C24H17Br2FN2O2. The number of halogens is 3. The molecule has 0 radical (unpaired) electrons. The van der Waals surface area contributed by atoms with Gasteiger partial charge in [-0.15, -0.1) is 0 Å². The van der Waals surface area contributed by atoms with E-state index in [1.165, 1.54) is 11.1 Å². The van der Waals surface area contributed by atoms with Gasteiger partial charge in [-0.25, -0.2) is 4.39 Å². The van der Waals surface area contributed by atoms with Crippen molar-refractivity contribution in [3.8, 4) is 5.75 Å². The number of hydrazone groups is 1. The number of carbonyl (C=O) groups excluding carboxylic acids is 1. The Morgan fingerprint density at radius 3 is 2.35 bits per heavy atom. The van der Waals surface area contributed by atoms with E-state index in [2.05, 4.69) is 37.0 Å². The third-order valence-electron chi connectivity index (χ3n) is 4.72. The van der Waals surface area contributed by atoms with Gasteiger partial charge in [0.25, 0.3) is 5.91 Å². The lowest BCUT2D eigenvalue weighted by atomic mass is 10.1. The zero-order valence-corrected chi connectivity index (χ0v) is 19.7. The molecule has 1 aliphatic rings. The van der Waals surface area contributed by atoms with Crippen molar-refractivity contribution in [1.29, 1.82) is 0 Å². The van der Waals surface area contributed by atoms with Crippen LogP contribution in [0.3, 0.4) is 0 Å². The Morgan fingerprint density at radius 1 is 1.03 bits per heavy atom. The predicted octanol–water partition coefficient (Wildman–Crippen LogP) is 6.74. The summed E-state index contributed by atoms with van der Waals surface area (Å²) in [6.07, 6.45) is 1.79. The zero-order valence-electron chi connectivity index (χ0n) is 16.5. The van der Waals surface area contributed by atoms with Gasteiger partial charge < -0.3 is 4.74 Å². The number of para-hydroxylation sites is 1. The van der Waals surface area contributed by atoms with E-state index < -0.39 is 0 Å². The molecule has 0 N–H and O–H groups in total. The molecule has 156 valence electrons. The number of hydrogen-bond acceptors (Lipinski definition) is 3. The highest BCUT2D eigenvalue weighted by atomic mass is 79.9. The Kier molecular flexibility index (Phi) is 6.34. The standard InChI is InChI=1S/C24H17Br2FN2O2/c1-15-19(24(30)29(28-15)18-8-3-2-4-9-18)11-16-12-20(25)23(21(26)13-16)31-14-17-7-5-6-10-22(17)27/h2-13H,14H2,1H3/b19-11+. The van der Waals surface area contributed by atoms with Crippen molar-refractivity contribution in [2.45, 2.75) is 13.5 Å². The van der Waals surface area contributed by atoms with Crippen molar-refractivity contribution >= 4 is 55.2 Å². The molecule has 4 rings (SSSR count). The number of carbonyl (C=O) groups is 1. The minimum Gasteiger partial charge on any atom is -0.486 e. The third-order valence-corrected chi connectivity index (χ3v) is 5.90. The smallest absolute Gasteiger partial charge is 0.280 e. The van der Waals surface area contributed by atoms with Crippen LogP contribution < -0.4 is 9.75 Å². The lowest BCUT2D eigenvalue weighted by molar-refractivity contribution is -0.114. The molecule has 7 heteroatoms. The van der Waals surface area contributed by atoms with Crippen molar-refractivity contribution in [3.63, 3.8) is 0 Å². The van der Waals surface area contributed by atoms with Crippen LogP contribution in [0.2, 0.25) is 0 Å². The number of benzene rings is 3. The summed E-state index contributed by atoms with van der Waals surface area (Å²) in [5, 5.41) is 5.80. The molecule has 0 aromatic heterocycles. The monoisotopic (exact) mass is 542 g/mol. The van der Waals surface area contributed by atoms with Gasteiger partial charge in [-0.2, -0.15) is 10.1 Å². The molecule has 0 bridgehead atoms. The summed E-state index contributed by atoms with van der Waals surface area (Å²) in [7, 11) is 0. The maximum atomic E-state index is 13.9. The highest BCUT2D eigenvalue weighted by Crippen LogP contribution is 2.36. The number of anilines is 1. The maximum absolute atomic E-state index is 13.9. The molecule has 1 aliphatic heterocycles. The van der Waals surface area contributed by atoms with Crippen LogP contribution in [-0.2, 0) is 11.4 Å². The van der Waals surface area contributed by atoms with Crippen LogP contribution in [0.4, 0.5) is 10.1 Å². The minimum atomic E-state index is -0.312. The molecule has 31 heavy (non-hydrogen) atoms. The van der Waals surface area contributed by atoms with Crippen molar-refractivity contribution in [2.24, 2.45) is 5.10 Å². The first-order valence-corrected chi connectivity index (χ1v) is 11.0. The number of amides is 1. The average molecular weight is 544 g/mol. The summed E-state index contributed by atoms with van der Waals surface area (Å²) in [5.41, 5.74) is 3.14. The molecule has 0 unspecified atom stereocenters. The van der Waals surface area contributed by atoms with E-state index in [4.69, 9.17) is 4.74 Å². The molecule has 0 aliphatic carbocycles. The summed E-state index contributed by atoms with van der Waals surface area (Å²) >= 11 is 7.03. The Hall–Kier alpha value is -2.77. The van der Waals surface area contributed by atoms with Crippen LogP contribution >= 0.6 is 31.9 Å². The minimum absolute atomic E-state index is 0.0978. The largest absolute Gasteiger partial charge is 0.486 e. The van der Waals surface area contributed by atoms with E-state index in [-0.39, 0.29) is 18.3 Å². The molecule has 3 aromatic rings. The lowest BCUT2D eigenvalue weighted by Gasteiger charge is -2.13. The van der Waals surface area contributed by atoms with Gasteiger partial charge >= 0.3 is 0 Å². The van der Waals surface area contributed by atoms with E-state index in [1.54, 1.807) is 24.3 Å². The van der Waals surface area contributed by atoms with Gasteiger partial charge in [-0.3, -0.25) is 4.79 Å². The van der Waals surface area contributed by atoms with Crippen molar-refractivity contribution < 1.29 is 13.9 Å². The number of nitrogens with zero attached hydrogens (tertiary/aromatic N) is 2. The molecule has 0 atom stereocenters.